The molecule has 2 rings (SSSR count). The summed E-state index contributed by atoms with van der Waals surface area (Å²) in [5.74, 6) is -0.887. The summed E-state index contributed by atoms with van der Waals surface area (Å²) in [7, 11) is 1.46. The van der Waals surface area contributed by atoms with Gasteiger partial charge < -0.3 is 14.3 Å². The highest BCUT2D eigenvalue weighted by atomic mass is 35.5. The Morgan fingerprint density at radius 2 is 2.19 bits per heavy atom. The number of benzene rings is 1. The summed E-state index contributed by atoms with van der Waals surface area (Å²) in [6.45, 7) is 1.83. The number of hydrogen-bond acceptors (Lipinski definition) is 3. The van der Waals surface area contributed by atoms with E-state index in [1.165, 1.54) is 13.2 Å². The second kappa shape index (κ2) is 3.72. The molecule has 1 aromatic heterocycles. The van der Waals surface area contributed by atoms with Gasteiger partial charge in [-0.25, -0.2) is 4.79 Å². The molecule has 0 aliphatic carbocycles. The molecule has 1 aromatic carbocycles. The van der Waals surface area contributed by atoms with Crippen molar-refractivity contribution in [1.29, 1.82) is 0 Å². The van der Waals surface area contributed by atoms with Crippen LogP contribution in [-0.2, 0) is 0 Å². The Morgan fingerprint density at radius 3 is 2.75 bits per heavy atom. The first-order valence-electron chi connectivity index (χ1n) is 4.54. The van der Waals surface area contributed by atoms with Crippen LogP contribution in [0.2, 0.25) is 5.02 Å². The van der Waals surface area contributed by atoms with E-state index in [1.54, 1.807) is 6.07 Å². The molecule has 0 spiro atoms. The van der Waals surface area contributed by atoms with E-state index in [9.17, 15) is 4.79 Å². The molecule has 16 heavy (non-hydrogen) atoms. The first kappa shape index (κ1) is 10.8. The second-order valence-corrected chi connectivity index (χ2v) is 3.77. The van der Waals surface area contributed by atoms with E-state index in [4.69, 9.17) is 25.9 Å². The average Bonchev–Trinajstić information content (AvgIpc) is 2.63. The van der Waals surface area contributed by atoms with Crippen molar-refractivity contribution in [2.24, 2.45) is 0 Å². The Bertz CT molecular complexity index is 571. The lowest BCUT2D eigenvalue weighted by Crippen LogP contribution is -1.91. The third kappa shape index (κ3) is 1.51. The Hall–Kier alpha value is -1.68. The maximum atomic E-state index is 10.8. The topological polar surface area (TPSA) is 59.7 Å². The number of methoxy groups -OCH3 is 1. The standard InChI is InChI=1S/C11H9ClO4/c1-5-3-7(12)10(15-2)9-6(5)4-8(16-9)11(13)14/h3-4H,1-2H3,(H,13,14). The zero-order valence-electron chi connectivity index (χ0n) is 8.70. The Labute approximate surface area is 96.4 Å². The minimum absolute atomic E-state index is 0.126. The van der Waals surface area contributed by atoms with Gasteiger partial charge in [-0.1, -0.05) is 11.6 Å². The molecule has 0 atom stereocenters. The summed E-state index contributed by atoms with van der Waals surface area (Å²) in [4.78, 5) is 10.8. The van der Waals surface area contributed by atoms with Gasteiger partial charge in [0.2, 0.25) is 5.76 Å². The van der Waals surface area contributed by atoms with E-state index >= 15 is 0 Å². The lowest BCUT2D eigenvalue weighted by atomic mass is 10.1. The van der Waals surface area contributed by atoms with E-state index in [-0.39, 0.29) is 5.76 Å². The fourth-order valence-corrected chi connectivity index (χ4v) is 1.92. The van der Waals surface area contributed by atoms with Crippen molar-refractivity contribution in [3.63, 3.8) is 0 Å². The number of fused-ring (bicyclic) bond motifs is 1. The van der Waals surface area contributed by atoms with Crippen LogP contribution in [-0.4, -0.2) is 18.2 Å². The van der Waals surface area contributed by atoms with Crippen LogP contribution >= 0.6 is 11.6 Å². The number of aryl methyl sites for hydroxylation is 1. The molecule has 84 valence electrons. The normalized spacial score (nSPS) is 10.7. The van der Waals surface area contributed by atoms with Gasteiger partial charge in [-0.05, 0) is 24.6 Å². The zero-order chi connectivity index (χ0) is 11.9. The smallest absolute Gasteiger partial charge is 0.371 e. The van der Waals surface area contributed by atoms with E-state index in [1.807, 2.05) is 6.92 Å². The fraction of sp³-hybridized carbons (Fsp3) is 0.182. The van der Waals surface area contributed by atoms with Crippen LogP contribution in [0.4, 0.5) is 0 Å². The third-order valence-corrected chi connectivity index (χ3v) is 2.62. The number of aromatic carboxylic acids is 1. The van der Waals surface area contributed by atoms with Crippen LogP contribution in [0.25, 0.3) is 11.0 Å². The first-order chi connectivity index (χ1) is 7.54. The van der Waals surface area contributed by atoms with Crippen LogP contribution in [0.3, 0.4) is 0 Å². The highest BCUT2D eigenvalue weighted by molar-refractivity contribution is 6.33. The minimum Gasteiger partial charge on any atom is -0.491 e. The summed E-state index contributed by atoms with van der Waals surface area (Å²) in [5.41, 5.74) is 1.21. The van der Waals surface area contributed by atoms with Crippen molar-refractivity contribution < 1.29 is 19.1 Å². The van der Waals surface area contributed by atoms with E-state index in [0.717, 1.165) is 5.56 Å². The molecule has 0 saturated carbocycles. The molecule has 0 saturated heterocycles. The van der Waals surface area contributed by atoms with Gasteiger partial charge in [0.1, 0.15) is 0 Å². The minimum atomic E-state index is -1.12. The number of carbonyl (C=O) groups is 1. The van der Waals surface area contributed by atoms with Gasteiger partial charge in [0.25, 0.3) is 0 Å². The molecule has 2 aromatic rings. The number of furan rings is 1. The van der Waals surface area contributed by atoms with E-state index in [2.05, 4.69) is 0 Å². The van der Waals surface area contributed by atoms with Crippen LogP contribution < -0.4 is 4.74 Å². The largest absolute Gasteiger partial charge is 0.491 e. The molecule has 0 amide bonds. The van der Waals surface area contributed by atoms with Gasteiger partial charge in [0.05, 0.1) is 12.1 Å². The average molecular weight is 241 g/mol. The second-order valence-electron chi connectivity index (χ2n) is 3.37. The highest BCUT2D eigenvalue weighted by Gasteiger charge is 2.17. The van der Waals surface area contributed by atoms with E-state index in [0.29, 0.717) is 21.7 Å². The lowest BCUT2D eigenvalue weighted by molar-refractivity contribution is 0.0665. The predicted molar refractivity (Wildman–Crippen MR) is 59.5 cm³/mol. The van der Waals surface area contributed by atoms with Crippen molar-refractivity contribution >= 4 is 28.5 Å². The van der Waals surface area contributed by atoms with Gasteiger partial charge in [0, 0.05) is 5.39 Å². The number of ether oxygens (including phenoxy) is 1. The highest BCUT2D eigenvalue weighted by Crippen LogP contribution is 2.37. The fourth-order valence-electron chi connectivity index (χ4n) is 1.59. The number of carboxylic acid groups (broad SMARTS) is 1. The summed E-state index contributed by atoms with van der Waals surface area (Å²) in [5, 5.41) is 9.94. The van der Waals surface area contributed by atoms with Crippen LogP contribution in [0.1, 0.15) is 16.1 Å². The molecule has 5 heteroatoms. The molecule has 4 nitrogen and oxygen atoms in total. The molecular weight excluding hydrogens is 232 g/mol. The van der Waals surface area contributed by atoms with Crippen molar-refractivity contribution in [2.75, 3.05) is 7.11 Å². The molecule has 1 heterocycles. The Kier molecular flexibility index (Phi) is 2.52. The molecule has 1 N–H and O–H groups in total. The van der Waals surface area contributed by atoms with Crippen LogP contribution in [0.5, 0.6) is 5.75 Å². The Morgan fingerprint density at radius 1 is 1.50 bits per heavy atom. The van der Waals surface area contributed by atoms with Gasteiger partial charge in [-0.3, -0.25) is 0 Å². The molecule has 0 aliphatic rings. The molecule has 0 aliphatic heterocycles. The van der Waals surface area contributed by atoms with Gasteiger partial charge >= 0.3 is 5.97 Å². The van der Waals surface area contributed by atoms with Crippen molar-refractivity contribution in [3.8, 4) is 5.75 Å². The molecule has 0 unspecified atom stereocenters. The molecule has 0 bridgehead atoms. The Balaban J connectivity index is 2.83. The summed E-state index contributed by atoms with van der Waals surface area (Å²) >= 11 is 5.97. The third-order valence-electron chi connectivity index (χ3n) is 2.34. The summed E-state index contributed by atoms with van der Waals surface area (Å²) < 4.78 is 10.3. The number of halogens is 1. The van der Waals surface area contributed by atoms with Crippen LogP contribution in [0.15, 0.2) is 16.5 Å². The zero-order valence-corrected chi connectivity index (χ0v) is 9.46. The SMILES string of the molecule is COc1c(Cl)cc(C)c2cc(C(=O)O)oc12. The lowest BCUT2D eigenvalue weighted by Gasteiger charge is -2.04. The number of hydrogen-bond donors (Lipinski definition) is 1. The number of carboxylic acids is 1. The van der Waals surface area contributed by atoms with Gasteiger partial charge in [-0.2, -0.15) is 0 Å². The van der Waals surface area contributed by atoms with Gasteiger partial charge in [-0.15, -0.1) is 0 Å². The predicted octanol–water partition coefficient (Wildman–Crippen LogP) is 3.10. The molecule has 0 radical (unpaired) electrons. The van der Waals surface area contributed by atoms with Crippen molar-refractivity contribution in [3.05, 3.63) is 28.5 Å². The summed E-state index contributed by atoms with van der Waals surface area (Å²) in [6.07, 6.45) is 0. The number of rotatable bonds is 2. The monoisotopic (exact) mass is 240 g/mol. The first-order valence-corrected chi connectivity index (χ1v) is 4.92. The van der Waals surface area contributed by atoms with Crippen molar-refractivity contribution in [2.45, 2.75) is 6.92 Å². The maximum absolute atomic E-state index is 10.8. The molecule has 0 fully saturated rings. The quantitative estimate of drug-likeness (QED) is 0.876. The maximum Gasteiger partial charge on any atom is 0.371 e. The molecular formula is C11H9ClO4. The van der Waals surface area contributed by atoms with Gasteiger partial charge in [0.15, 0.2) is 11.3 Å². The van der Waals surface area contributed by atoms with Crippen LogP contribution in [0, 0.1) is 6.92 Å². The van der Waals surface area contributed by atoms with E-state index < -0.39 is 5.97 Å². The summed E-state index contributed by atoms with van der Waals surface area (Å²) in [6, 6.07) is 3.18. The van der Waals surface area contributed by atoms with Crippen molar-refractivity contribution in [1.82, 2.24) is 0 Å².